The minimum Gasteiger partial charge on any atom is -0.369 e. The number of primary amides is 1. The van der Waals surface area contributed by atoms with Crippen molar-refractivity contribution in [2.75, 3.05) is 32.7 Å². The summed E-state index contributed by atoms with van der Waals surface area (Å²) in [6.45, 7) is 7.95. The fraction of sp³-hybridized carbons (Fsp3) is 0.950. The molecule has 0 aromatic heterocycles. The molecule has 8 nitrogen and oxygen atoms in total. The van der Waals surface area contributed by atoms with Crippen LogP contribution in [0.3, 0.4) is 0 Å². The number of hydrogen-bond donors (Lipinski definition) is 5. The maximum Gasteiger partial charge on any atom is 0.220 e. The van der Waals surface area contributed by atoms with Crippen molar-refractivity contribution < 1.29 is 19.8 Å². The smallest absolute Gasteiger partial charge is 0.220 e. The van der Waals surface area contributed by atoms with E-state index in [-0.39, 0.29) is 24.2 Å². The number of piperidine rings is 2. The summed E-state index contributed by atoms with van der Waals surface area (Å²) < 4.78 is 0. The largest absolute Gasteiger partial charge is 0.369 e. The van der Waals surface area contributed by atoms with E-state index in [0.29, 0.717) is 18.1 Å². The van der Waals surface area contributed by atoms with Crippen molar-refractivity contribution in [3.05, 3.63) is 0 Å². The summed E-state index contributed by atoms with van der Waals surface area (Å²) >= 11 is 0. The highest BCUT2D eigenvalue weighted by atomic mass is 16.7. The Hall–Kier alpha value is -0.770. The molecule has 4 fully saturated rings. The molecule has 0 spiro atoms. The molecule has 0 bridgehead atoms. The van der Waals surface area contributed by atoms with Gasteiger partial charge in [0.25, 0.3) is 0 Å². The van der Waals surface area contributed by atoms with Crippen molar-refractivity contribution in [3.63, 3.8) is 0 Å². The van der Waals surface area contributed by atoms with Crippen LogP contribution in [-0.2, 0) is 9.63 Å². The van der Waals surface area contributed by atoms with Crippen LogP contribution in [0.5, 0.6) is 0 Å². The Morgan fingerprint density at radius 1 is 1.29 bits per heavy atom. The zero-order valence-electron chi connectivity index (χ0n) is 17.4. The van der Waals surface area contributed by atoms with Crippen molar-refractivity contribution in [1.82, 2.24) is 15.7 Å². The molecular weight excluding hydrogens is 356 g/mol. The Morgan fingerprint density at radius 3 is 2.86 bits per heavy atom. The number of carbonyl (C=O) groups excluding carboxylic acids is 1. The lowest BCUT2D eigenvalue weighted by Gasteiger charge is -2.39. The maximum absolute atomic E-state index is 11.4. The Morgan fingerprint density at radius 2 is 2.11 bits per heavy atom. The summed E-state index contributed by atoms with van der Waals surface area (Å²) in [6, 6.07) is 0.580. The molecule has 0 saturated carbocycles. The molecule has 0 aromatic rings. The lowest BCUT2D eigenvalue weighted by molar-refractivity contribution is -0.916. The third-order valence-corrected chi connectivity index (χ3v) is 7.53. The highest BCUT2D eigenvalue weighted by Gasteiger charge is 2.44. The van der Waals surface area contributed by atoms with Gasteiger partial charge in [0.15, 0.2) is 6.23 Å². The molecule has 5 unspecified atom stereocenters. The number of nitrogens with one attached hydrogen (secondary N) is 3. The zero-order valence-corrected chi connectivity index (χ0v) is 17.4. The first-order chi connectivity index (χ1) is 13.7. The zero-order chi connectivity index (χ0) is 19.5. The second kappa shape index (κ2) is 9.36. The van der Waals surface area contributed by atoms with Crippen LogP contribution in [0.2, 0.25) is 0 Å². The van der Waals surface area contributed by atoms with Crippen LogP contribution in [0.1, 0.15) is 51.9 Å². The van der Waals surface area contributed by atoms with Gasteiger partial charge in [-0.15, -0.1) is 0 Å². The molecule has 0 aromatic carbocycles. The van der Waals surface area contributed by atoms with Gasteiger partial charge in [0, 0.05) is 50.6 Å². The lowest BCUT2D eigenvalue weighted by Crippen LogP contribution is -3.15. The summed E-state index contributed by atoms with van der Waals surface area (Å²) in [4.78, 5) is 21.7. The van der Waals surface area contributed by atoms with Crippen LogP contribution < -0.4 is 26.7 Å². The van der Waals surface area contributed by atoms with Crippen molar-refractivity contribution in [1.29, 1.82) is 0 Å². The highest BCUT2D eigenvalue weighted by Crippen LogP contribution is 2.24. The average Bonchev–Trinajstić information content (AvgIpc) is 3.38. The molecule has 1 amide bonds. The average molecular weight is 397 g/mol. The molecule has 4 heterocycles. The van der Waals surface area contributed by atoms with Gasteiger partial charge in [-0.2, -0.15) is 5.48 Å². The molecule has 6 atom stereocenters. The third-order valence-electron chi connectivity index (χ3n) is 7.53. The summed E-state index contributed by atoms with van der Waals surface area (Å²) in [7, 11) is 0. The minimum absolute atomic E-state index is 0.0722. The van der Waals surface area contributed by atoms with Crippen LogP contribution >= 0.6 is 0 Å². The SMILES string of the molecule is CCC[NH+]1CCC[C@H]1C1NC(C2CC[NH2+]C(N3CCC(C(N)=O)CC3)C2)NO1. The molecule has 0 aliphatic carbocycles. The number of amides is 1. The van der Waals surface area contributed by atoms with Gasteiger partial charge in [0.2, 0.25) is 5.91 Å². The second-order valence-electron chi connectivity index (χ2n) is 9.30. The van der Waals surface area contributed by atoms with Crippen molar-refractivity contribution in [3.8, 4) is 0 Å². The predicted octanol–water partition coefficient (Wildman–Crippen LogP) is -2.28. The first kappa shape index (κ1) is 20.5. The predicted molar refractivity (Wildman–Crippen MR) is 106 cm³/mol. The van der Waals surface area contributed by atoms with Gasteiger partial charge in [0.1, 0.15) is 12.2 Å². The van der Waals surface area contributed by atoms with Crippen molar-refractivity contribution >= 4 is 5.91 Å². The normalized spacial score (nSPS) is 40.8. The van der Waals surface area contributed by atoms with E-state index < -0.39 is 0 Å². The molecule has 28 heavy (non-hydrogen) atoms. The van der Waals surface area contributed by atoms with Crippen molar-refractivity contribution in [2.24, 2.45) is 17.6 Å². The lowest BCUT2D eigenvalue weighted by atomic mass is 9.90. The molecule has 4 saturated heterocycles. The highest BCUT2D eigenvalue weighted by molar-refractivity contribution is 5.76. The number of nitrogens with zero attached hydrogens (tertiary/aromatic N) is 1. The summed E-state index contributed by atoms with van der Waals surface area (Å²) in [5, 5.41) is 6.27. The van der Waals surface area contributed by atoms with E-state index in [1.807, 2.05) is 0 Å². The number of hydrogen-bond acceptors (Lipinski definition) is 5. The van der Waals surface area contributed by atoms with Gasteiger partial charge in [0.05, 0.1) is 25.8 Å². The molecule has 8 heteroatoms. The van der Waals surface area contributed by atoms with Gasteiger partial charge in [-0.3, -0.25) is 19.8 Å². The summed E-state index contributed by atoms with van der Waals surface area (Å²) in [5.74, 6) is 0.534. The van der Waals surface area contributed by atoms with Crippen LogP contribution in [0, 0.1) is 11.8 Å². The van der Waals surface area contributed by atoms with Crippen LogP contribution in [0.15, 0.2) is 0 Å². The second-order valence-corrected chi connectivity index (χ2v) is 9.30. The Bertz CT molecular complexity index is 527. The Labute approximate surface area is 168 Å². The van der Waals surface area contributed by atoms with Gasteiger partial charge in [-0.05, 0) is 19.3 Å². The molecular formula is C20H40N6O2+2. The minimum atomic E-state index is -0.126. The monoisotopic (exact) mass is 396 g/mol. The fourth-order valence-electron chi connectivity index (χ4n) is 5.90. The molecule has 4 aliphatic heterocycles. The quantitative estimate of drug-likeness (QED) is 0.348. The van der Waals surface area contributed by atoms with E-state index in [9.17, 15) is 4.79 Å². The van der Waals surface area contributed by atoms with Crippen LogP contribution in [0.4, 0.5) is 0 Å². The van der Waals surface area contributed by atoms with Gasteiger partial charge < -0.3 is 16.0 Å². The fourth-order valence-corrected chi connectivity index (χ4v) is 5.90. The number of hydroxylamine groups is 1. The number of rotatable bonds is 6. The standard InChI is InChI=1S/C20H38N6O2/c1-2-9-25-10-3-4-16(25)20-23-19(24-28-20)15-5-8-22-17(13-15)26-11-6-14(7-12-26)18(21)27/h14-17,19-20,22-24H,2-13H2,1H3,(H2,21,27)/p+2/t15?,16-,17?,19?,20?/m0/s1. The van der Waals surface area contributed by atoms with Gasteiger partial charge >= 0.3 is 0 Å². The molecule has 7 N–H and O–H groups in total. The van der Waals surface area contributed by atoms with E-state index in [1.54, 1.807) is 4.90 Å². The summed E-state index contributed by atoms with van der Waals surface area (Å²) in [5.41, 5.74) is 8.84. The third kappa shape index (κ3) is 4.52. The Kier molecular flexibility index (Phi) is 6.85. The molecule has 4 aliphatic rings. The Balaban J connectivity index is 1.28. The molecule has 0 radical (unpaired) electrons. The number of likely N-dealkylation sites (tertiary alicyclic amines) is 2. The summed E-state index contributed by atoms with van der Waals surface area (Å²) in [6.07, 6.45) is 8.93. The van der Waals surface area contributed by atoms with Gasteiger partial charge in [-0.1, -0.05) is 6.92 Å². The van der Waals surface area contributed by atoms with E-state index in [2.05, 4.69) is 27.9 Å². The number of carbonyl (C=O) groups is 1. The molecule has 4 rings (SSSR count). The first-order valence-corrected chi connectivity index (χ1v) is 11.5. The van der Waals surface area contributed by atoms with Crippen molar-refractivity contribution in [2.45, 2.75) is 76.5 Å². The van der Waals surface area contributed by atoms with E-state index in [0.717, 1.165) is 38.9 Å². The maximum atomic E-state index is 11.4. The molecule has 160 valence electrons. The van der Waals surface area contributed by atoms with E-state index in [4.69, 9.17) is 10.6 Å². The van der Waals surface area contributed by atoms with Crippen LogP contribution in [-0.4, -0.2) is 68.1 Å². The van der Waals surface area contributed by atoms with Gasteiger partial charge in [-0.25, -0.2) is 0 Å². The van der Waals surface area contributed by atoms with E-state index >= 15 is 0 Å². The first-order valence-electron chi connectivity index (χ1n) is 11.5. The van der Waals surface area contributed by atoms with Crippen LogP contribution in [0.25, 0.3) is 0 Å². The van der Waals surface area contributed by atoms with E-state index in [1.165, 1.54) is 38.8 Å². The number of nitrogens with two attached hydrogens (primary N) is 2. The number of quaternary nitrogens is 2. The topological polar surface area (TPSA) is 101 Å².